The molecule has 2 N–H and O–H groups in total. The Balaban J connectivity index is 2.54. The van der Waals surface area contributed by atoms with E-state index in [4.69, 9.17) is 5.73 Å². The number of rotatable bonds is 7. The van der Waals surface area contributed by atoms with Crippen molar-refractivity contribution in [2.75, 3.05) is 0 Å². The van der Waals surface area contributed by atoms with Gasteiger partial charge in [-0.15, -0.1) is 0 Å². The smallest absolute Gasteiger partial charge is 0.141 e. The molecule has 1 aromatic rings. The first-order valence-corrected chi connectivity index (χ1v) is 6.53. The van der Waals surface area contributed by atoms with Gasteiger partial charge in [0.25, 0.3) is 0 Å². The SMILES string of the molecule is CCCCC(CC)CC(N)c1cncc(F)c1. The quantitative estimate of drug-likeness (QED) is 0.784. The molecule has 1 heterocycles. The molecule has 0 fully saturated rings. The van der Waals surface area contributed by atoms with Gasteiger partial charge in [0, 0.05) is 12.2 Å². The van der Waals surface area contributed by atoms with Crippen molar-refractivity contribution in [3.05, 3.63) is 29.8 Å². The summed E-state index contributed by atoms with van der Waals surface area (Å²) < 4.78 is 13.0. The Morgan fingerprint density at radius 1 is 1.35 bits per heavy atom. The summed E-state index contributed by atoms with van der Waals surface area (Å²) in [6, 6.07) is 1.39. The number of pyridine rings is 1. The van der Waals surface area contributed by atoms with E-state index in [-0.39, 0.29) is 11.9 Å². The molecule has 96 valence electrons. The van der Waals surface area contributed by atoms with Crippen LogP contribution in [-0.4, -0.2) is 4.98 Å². The minimum Gasteiger partial charge on any atom is -0.324 e. The summed E-state index contributed by atoms with van der Waals surface area (Å²) in [6.07, 6.45) is 8.60. The van der Waals surface area contributed by atoms with Crippen LogP contribution in [0, 0.1) is 11.7 Å². The van der Waals surface area contributed by atoms with Crippen LogP contribution in [0.3, 0.4) is 0 Å². The van der Waals surface area contributed by atoms with Crippen LogP contribution in [0.15, 0.2) is 18.5 Å². The molecule has 0 spiro atoms. The molecule has 0 amide bonds. The van der Waals surface area contributed by atoms with Crippen LogP contribution in [0.25, 0.3) is 0 Å². The zero-order chi connectivity index (χ0) is 12.7. The minimum absolute atomic E-state index is 0.0972. The summed E-state index contributed by atoms with van der Waals surface area (Å²) >= 11 is 0. The number of aromatic nitrogens is 1. The van der Waals surface area contributed by atoms with Crippen molar-refractivity contribution in [3.63, 3.8) is 0 Å². The molecular weight excluding hydrogens is 215 g/mol. The first-order chi connectivity index (χ1) is 8.17. The average molecular weight is 238 g/mol. The van der Waals surface area contributed by atoms with Crippen LogP contribution in [-0.2, 0) is 0 Å². The van der Waals surface area contributed by atoms with Crippen LogP contribution in [0.5, 0.6) is 0 Å². The molecule has 2 unspecified atom stereocenters. The van der Waals surface area contributed by atoms with E-state index >= 15 is 0 Å². The molecule has 0 saturated heterocycles. The number of halogens is 1. The van der Waals surface area contributed by atoms with Crippen molar-refractivity contribution in [1.82, 2.24) is 4.98 Å². The first-order valence-electron chi connectivity index (χ1n) is 6.53. The van der Waals surface area contributed by atoms with E-state index in [2.05, 4.69) is 18.8 Å². The van der Waals surface area contributed by atoms with Gasteiger partial charge >= 0.3 is 0 Å². The molecular formula is C14H23FN2. The third kappa shape index (κ3) is 4.82. The van der Waals surface area contributed by atoms with Crippen molar-refractivity contribution in [2.45, 2.75) is 52.0 Å². The number of nitrogens with zero attached hydrogens (tertiary/aromatic N) is 1. The fraction of sp³-hybridized carbons (Fsp3) is 0.643. The van der Waals surface area contributed by atoms with Crippen molar-refractivity contribution in [1.29, 1.82) is 0 Å². The van der Waals surface area contributed by atoms with Crippen molar-refractivity contribution < 1.29 is 4.39 Å². The third-order valence-electron chi connectivity index (χ3n) is 3.28. The summed E-state index contributed by atoms with van der Waals surface area (Å²) in [5.41, 5.74) is 6.91. The Bertz CT molecular complexity index is 328. The Labute approximate surface area is 103 Å². The van der Waals surface area contributed by atoms with Gasteiger partial charge in [0.15, 0.2) is 0 Å². The van der Waals surface area contributed by atoms with Crippen LogP contribution in [0.4, 0.5) is 4.39 Å². The lowest BCUT2D eigenvalue weighted by molar-refractivity contribution is 0.387. The maximum Gasteiger partial charge on any atom is 0.141 e. The van der Waals surface area contributed by atoms with Gasteiger partial charge in [-0.1, -0.05) is 39.5 Å². The molecule has 1 aromatic heterocycles. The summed E-state index contributed by atoms with van der Waals surface area (Å²) in [5, 5.41) is 0. The van der Waals surface area contributed by atoms with E-state index in [0.717, 1.165) is 18.4 Å². The maximum atomic E-state index is 13.0. The highest BCUT2D eigenvalue weighted by molar-refractivity contribution is 5.14. The Hall–Kier alpha value is -0.960. The normalized spacial score (nSPS) is 14.6. The van der Waals surface area contributed by atoms with E-state index in [0.29, 0.717) is 5.92 Å². The highest BCUT2D eigenvalue weighted by atomic mass is 19.1. The van der Waals surface area contributed by atoms with Crippen LogP contribution < -0.4 is 5.73 Å². The number of hydrogen-bond donors (Lipinski definition) is 1. The predicted molar refractivity (Wildman–Crippen MR) is 69.0 cm³/mol. The second-order valence-corrected chi connectivity index (χ2v) is 4.70. The molecule has 0 aliphatic rings. The Morgan fingerprint density at radius 2 is 2.12 bits per heavy atom. The molecule has 2 nitrogen and oxygen atoms in total. The monoisotopic (exact) mass is 238 g/mol. The summed E-state index contributed by atoms with van der Waals surface area (Å²) in [7, 11) is 0. The number of nitrogens with two attached hydrogens (primary N) is 1. The largest absolute Gasteiger partial charge is 0.324 e. The van der Waals surface area contributed by atoms with Gasteiger partial charge in [-0.25, -0.2) is 4.39 Å². The van der Waals surface area contributed by atoms with Crippen LogP contribution in [0.2, 0.25) is 0 Å². The highest BCUT2D eigenvalue weighted by Gasteiger charge is 2.14. The molecule has 0 bridgehead atoms. The fourth-order valence-corrected chi connectivity index (χ4v) is 2.11. The van der Waals surface area contributed by atoms with E-state index in [9.17, 15) is 4.39 Å². The van der Waals surface area contributed by atoms with Gasteiger partial charge in [0.2, 0.25) is 0 Å². The average Bonchev–Trinajstić information content (AvgIpc) is 2.34. The lowest BCUT2D eigenvalue weighted by Crippen LogP contribution is -2.15. The summed E-state index contributed by atoms with van der Waals surface area (Å²) in [4.78, 5) is 3.85. The minimum atomic E-state index is -0.306. The molecule has 2 atom stereocenters. The molecule has 3 heteroatoms. The summed E-state index contributed by atoms with van der Waals surface area (Å²) in [5.74, 6) is 0.327. The van der Waals surface area contributed by atoms with Crippen molar-refractivity contribution in [2.24, 2.45) is 11.7 Å². The van der Waals surface area contributed by atoms with E-state index < -0.39 is 0 Å². The maximum absolute atomic E-state index is 13.0. The number of hydrogen-bond acceptors (Lipinski definition) is 2. The van der Waals surface area contributed by atoms with Crippen LogP contribution >= 0.6 is 0 Å². The Morgan fingerprint density at radius 3 is 2.71 bits per heavy atom. The predicted octanol–water partition coefficient (Wildman–Crippen LogP) is 3.83. The van der Waals surface area contributed by atoms with E-state index in [1.165, 1.54) is 31.5 Å². The van der Waals surface area contributed by atoms with Crippen molar-refractivity contribution >= 4 is 0 Å². The third-order valence-corrected chi connectivity index (χ3v) is 3.28. The second kappa shape index (κ2) is 7.38. The molecule has 17 heavy (non-hydrogen) atoms. The Kier molecular flexibility index (Phi) is 6.12. The zero-order valence-corrected chi connectivity index (χ0v) is 10.8. The lowest BCUT2D eigenvalue weighted by atomic mass is 9.90. The molecule has 0 aliphatic heterocycles. The molecule has 1 rings (SSSR count). The highest BCUT2D eigenvalue weighted by Crippen LogP contribution is 2.24. The van der Waals surface area contributed by atoms with Crippen molar-refractivity contribution in [3.8, 4) is 0 Å². The lowest BCUT2D eigenvalue weighted by Gasteiger charge is -2.19. The van der Waals surface area contributed by atoms with Gasteiger partial charge in [0.1, 0.15) is 5.82 Å². The van der Waals surface area contributed by atoms with E-state index in [1.54, 1.807) is 6.20 Å². The molecule has 0 aliphatic carbocycles. The molecule has 0 radical (unpaired) electrons. The topological polar surface area (TPSA) is 38.9 Å². The van der Waals surface area contributed by atoms with E-state index in [1.807, 2.05) is 0 Å². The standard InChI is InChI=1S/C14H23FN2/c1-3-5-6-11(4-2)7-14(16)12-8-13(15)10-17-9-12/h8-11,14H,3-7,16H2,1-2H3. The first kappa shape index (κ1) is 14.1. The van der Waals surface area contributed by atoms with Gasteiger partial charge in [-0.3, -0.25) is 4.98 Å². The summed E-state index contributed by atoms with van der Waals surface area (Å²) in [6.45, 7) is 4.39. The fourth-order valence-electron chi connectivity index (χ4n) is 2.11. The molecule has 0 saturated carbocycles. The number of unbranched alkanes of at least 4 members (excludes halogenated alkanes) is 1. The van der Waals surface area contributed by atoms with Gasteiger partial charge in [-0.2, -0.15) is 0 Å². The molecule has 0 aromatic carbocycles. The van der Waals surface area contributed by atoms with Gasteiger partial charge in [0.05, 0.1) is 6.20 Å². The zero-order valence-electron chi connectivity index (χ0n) is 10.8. The second-order valence-electron chi connectivity index (χ2n) is 4.70. The van der Waals surface area contributed by atoms with Crippen LogP contribution in [0.1, 0.15) is 57.6 Å². The van der Waals surface area contributed by atoms with Gasteiger partial charge in [-0.05, 0) is 24.0 Å². The van der Waals surface area contributed by atoms with Gasteiger partial charge < -0.3 is 5.73 Å².